The van der Waals surface area contributed by atoms with Gasteiger partial charge in [0.05, 0.1) is 6.10 Å². The fourth-order valence-electron chi connectivity index (χ4n) is 2.40. The molecular formula is C14H24N4O. The van der Waals surface area contributed by atoms with E-state index in [4.69, 9.17) is 10.5 Å². The third-order valence-electron chi connectivity index (χ3n) is 3.32. The lowest BCUT2D eigenvalue weighted by atomic mass is 9.81. The Morgan fingerprint density at radius 3 is 2.68 bits per heavy atom. The molecule has 0 spiro atoms. The number of nitrogens with two attached hydrogens (primary N) is 1. The van der Waals surface area contributed by atoms with Crippen molar-refractivity contribution in [1.29, 1.82) is 0 Å². The van der Waals surface area contributed by atoms with E-state index in [2.05, 4.69) is 14.9 Å². The maximum Gasteiger partial charge on any atom is 0.228 e. The molecule has 1 saturated carbocycles. The van der Waals surface area contributed by atoms with Crippen LogP contribution in [-0.2, 0) is 0 Å². The van der Waals surface area contributed by atoms with E-state index in [1.54, 1.807) is 0 Å². The van der Waals surface area contributed by atoms with Crippen molar-refractivity contribution in [3.63, 3.8) is 0 Å². The summed E-state index contributed by atoms with van der Waals surface area (Å²) < 4.78 is 5.65. The molecule has 5 nitrogen and oxygen atoms in total. The van der Waals surface area contributed by atoms with E-state index >= 15 is 0 Å². The largest absolute Gasteiger partial charge is 0.475 e. The van der Waals surface area contributed by atoms with Crippen LogP contribution in [-0.4, -0.2) is 35.7 Å². The minimum absolute atomic E-state index is 0.122. The van der Waals surface area contributed by atoms with Crippen molar-refractivity contribution in [3.8, 4) is 5.88 Å². The number of aryl methyl sites for hydroxylation is 1. The summed E-state index contributed by atoms with van der Waals surface area (Å²) in [6.07, 6.45) is 2.33. The van der Waals surface area contributed by atoms with Gasteiger partial charge in [-0.3, -0.25) is 0 Å². The summed E-state index contributed by atoms with van der Waals surface area (Å²) in [5.74, 6) is 2.05. The lowest BCUT2D eigenvalue weighted by molar-refractivity contribution is 0.231. The van der Waals surface area contributed by atoms with Crippen molar-refractivity contribution in [3.05, 3.63) is 11.8 Å². The van der Waals surface area contributed by atoms with Crippen LogP contribution in [0.25, 0.3) is 0 Å². The van der Waals surface area contributed by atoms with Crippen molar-refractivity contribution in [2.24, 2.45) is 11.7 Å². The van der Waals surface area contributed by atoms with Gasteiger partial charge in [-0.05, 0) is 39.5 Å². The molecule has 0 saturated heterocycles. The standard InChI is InChI=1S/C14H24N4O/c1-9(2)19-13-5-10(3)16-14(17-13)18(4)8-11-6-12(15)7-11/h5,9,11-12H,6-8,15H2,1-4H3. The molecule has 1 fully saturated rings. The number of ether oxygens (including phenoxy) is 1. The van der Waals surface area contributed by atoms with Crippen molar-refractivity contribution < 1.29 is 4.74 Å². The van der Waals surface area contributed by atoms with E-state index in [9.17, 15) is 0 Å². The number of anilines is 1. The zero-order valence-electron chi connectivity index (χ0n) is 12.3. The fourth-order valence-corrected chi connectivity index (χ4v) is 2.40. The molecule has 0 radical (unpaired) electrons. The van der Waals surface area contributed by atoms with Crippen LogP contribution in [0.1, 0.15) is 32.4 Å². The summed E-state index contributed by atoms with van der Waals surface area (Å²) in [5.41, 5.74) is 6.75. The average molecular weight is 264 g/mol. The molecule has 0 amide bonds. The Morgan fingerprint density at radius 1 is 1.42 bits per heavy atom. The van der Waals surface area contributed by atoms with E-state index in [-0.39, 0.29) is 6.10 Å². The van der Waals surface area contributed by atoms with Crippen LogP contribution < -0.4 is 15.4 Å². The van der Waals surface area contributed by atoms with E-state index in [1.807, 2.05) is 33.9 Å². The molecule has 1 aromatic heterocycles. The van der Waals surface area contributed by atoms with E-state index in [0.29, 0.717) is 17.8 Å². The van der Waals surface area contributed by atoms with Gasteiger partial charge >= 0.3 is 0 Å². The predicted molar refractivity (Wildman–Crippen MR) is 76.5 cm³/mol. The van der Waals surface area contributed by atoms with Gasteiger partial charge in [0.2, 0.25) is 11.8 Å². The third kappa shape index (κ3) is 3.80. The second kappa shape index (κ2) is 5.74. The molecular weight excluding hydrogens is 240 g/mol. The number of rotatable bonds is 5. The minimum Gasteiger partial charge on any atom is -0.475 e. The second-order valence-electron chi connectivity index (χ2n) is 5.79. The molecule has 5 heteroatoms. The highest BCUT2D eigenvalue weighted by molar-refractivity contribution is 5.33. The summed E-state index contributed by atoms with van der Waals surface area (Å²) in [4.78, 5) is 11.0. The smallest absolute Gasteiger partial charge is 0.228 e. The van der Waals surface area contributed by atoms with Gasteiger partial charge in [-0.25, -0.2) is 4.98 Å². The molecule has 1 aliphatic carbocycles. The van der Waals surface area contributed by atoms with Gasteiger partial charge in [0.1, 0.15) is 0 Å². The molecule has 0 aliphatic heterocycles. The minimum atomic E-state index is 0.122. The van der Waals surface area contributed by atoms with Crippen molar-refractivity contribution in [2.75, 3.05) is 18.5 Å². The van der Waals surface area contributed by atoms with Gasteiger partial charge < -0.3 is 15.4 Å². The number of hydrogen-bond donors (Lipinski definition) is 1. The molecule has 0 aromatic carbocycles. The summed E-state index contributed by atoms with van der Waals surface area (Å²) in [6, 6.07) is 2.26. The molecule has 106 valence electrons. The number of nitrogens with zero attached hydrogens (tertiary/aromatic N) is 3. The maximum atomic E-state index is 5.82. The van der Waals surface area contributed by atoms with Crippen molar-refractivity contribution >= 4 is 5.95 Å². The fraction of sp³-hybridized carbons (Fsp3) is 0.714. The molecule has 2 rings (SSSR count). The van der Waals surface area contributed by atoms with Gasteiger partial charge in [0, 0.05) is 31.4 Å². The Kier molecular flexibility index (Phi) is 4.24. The first-order chi connectivity index (χ1) is 8.94. The topological polar surface area (TPSA) is 64.3 Å². The normalized spacial score (nSPS) is 22.2. The van der Waals surface area contributed by atoms with E-state index in [1.165, 1.54) is 0 Å². The molecule has 0 unspecified atom stereocenters. The molecule has 0 bridgehead atoms. The van der Waals surface area contributed by atoms with Crippen LogP contribution in [0.2, 0.25) is 0 Å². The van der Waals surface area contributed by atoms with Crippen LogP contribution in [0.5, 0.6) is 5.88 Å². The lowest BCUT2D eigenvalue weighted by Gasteiger charge is -2.35. The van der Waals surface area contributed by atoms with E-state index in [0.717, 1.165) is 31.0 Å². The summed E-state index contributed by atoms with van der Waals surface area (Å²) in [7, 11) is 2.03. The zero-order valence-corrected chi connectivity index (χ0v) is 12.3. The van der Waals surface area contributed by atoms with Crippen molar-refractivity contribution in [2.45, 2.75) is 45.8 Å². The molecule has 0 atom stereocenters. The Balaban J connectivity index is 2.03. The Labute approximate surface area is 115 Å². The van der Waals surface area contributed by atoms with Gasteiger partial charge in [0.15, 0.2) is 0 Å². The molecule has 19 heavy (non-hydrogen) atoms. The Morgan fingerprint density at radius 2 is 2.11 bits per heavy atom. The van der Waals surface area contributed by atoms with Crippen LogP contribution in [0.15, 0.2) is 6.07 Å². The number of hydrogen-bond acceptors (Lipinski definition) is 5. The van der Waals surface area contributed by atoms with Crippen LogP contribution in [0, 0.1) is 12.8 Å². The van der Waals surface area contributed by atoms with Gasteiger partial charge in [-0.2, -0.15) is 4.98 Å². The zero-order chi connectivity index (χ0) is 14.0. The molecule has 1 aliphatic rings. The molecule has 2 N–H and O–H groups in total. The SMILES string of the molecule is Cc1cc(OC(C)C)nc(N(C)CC2CC(N)C2)n1. The summed E-state index contributed by atoms with van der Waals surface area (Å²) in [6.45, 7) is 6.91. The lowest BCUT2D eigenvalue weighted by Crippen LogP contribution is -2.42. The second-order valence-corrected chi connectivity index (χ2v) is 5.79. The van der Waals surface area contributed by atoms with Crippen LogP contribution in [0.4, 0.5) is 5.95 Å². The monoisotopic (exact) mass is 264 g/mol. The molecule has 1 heterocycles. The van der Waals surface area contributed by atoms with Gasteiger partial charge in [0.25, 0.3) is 0 Å². The van der Waals surface area contributed by atoms with Crippen LogP contribution >= 0.6 is 0 Å². The molecule has 1 aromatic rings. The first kappa shape index (κ1) is 14.1. The quantitative estimate of drug-likeness (QED) is 0.877. The first-order valence-corrected chi connectivity index (χ1v) is 6.93. The Hall–Kier alpha value is -1.36. The highest BCUT2D eigenvalue weighted by Gasteiger charge is 2.27. The number of aromatic nitrogens is 2. The first-order valence-electron chi connectivity index (χ1n) is 6.93. The predicted octanol–water partition coefficient (Wildman–Crippen LogP) is 1.75. The van der Waals surface area contributed by atoms with E-state index < -0.39 is 0 Å². The average Bonchev–Trinajstić information content (AvgIpc) is 2.25. The summed E-state index contributed by atoms with van der Waals surface area (Å²) in [5, 5.41) is 0. The van der Waals surface area contributed by atoms with Gasteiger partial charge in [-0.15, -0.1) is 0 Å². The Bertz CT molecular complexity index is 429. The van der Waals surface area contributed by atoms with Crippen LogP contribution in [0.3, 0.4) is 0 Å². The van der Waals surface area contributed by atoms with Crippen molar-refractivity contribution in [1.82, 2.24) is 9.97 Å². The highest BCUT2D eigenvalue weighted by atomic mass is 16.5. The highest BCUT2D eigenvalue weighted by Crippen LogP contribution is 2.27. The third-order valence-corrected chi connectivity index (χ3v) is 3.32. The van der Waals surface area contributed by atoms with Gasteiger partial charge in [-0.1, -0.05) is 0 Å². The maximum absolute atomic E-state index is 5.82. The summed E-state index contributed by atoms with van der Waals surface area (Å²) >= 11 is 0.